The maximum Gasteiger partial charge on any atom is 0.325 e. The summed E-state index contributed by atoms with van der Waals surface area (Å²) in [7, 11) is 0. The first-order chi connectivity index (χ1) is 17.6. The molecule has 0 radical (unpaired) electrons. The predicted molar refractivity (Wildman–Crippen MR) is 141 cm³/mol. The van der Waals surface area contributed by atoms with Gasteiger partial charge in [0.1, 0.15) is 18.6 Å². The molecule has 1 heterocycles. The van der Waals surface area contributed by atoms with Crippen molar-refractivity contribution in [3.8, 4) is 0 Å². The Hall–Kier alpha value is -3.18. The van der Waals surface area contributed by atoms with Crippen LogP contribution in [0, 0.1) is 11.3 Å². The van der Waals surface area contributed by atoms with E-state index in [1.807, 2.05) is 13.8 Å². The lowest BCUT2D eigenvalue weighted by Gasteiger charge is -2.35. The van der Waals surface area contributed by atoms with E-state index in [1.54, 1.807) is 34.6 Å². The maximum absolute atomic E-state index is 13.6. The number of ketones is 1. The molecule has 0 aromatic rings. The number of ether oxygens (including phenoxy) is 1. The summed E-state index contributed by atoms with van der Waals surface area (Å²) in [4.78, 5) is 76.5. The molecule has 3 unspecified atom stereocenters. The van der Waals surface area contributed by atoms with Gasteiger partial charge in [-0.15, -0.1) is 0 Å². The Kier molecular flexibility index (Phi) is 12.7. The largest absolute Gasteiger partial charge is 0.462 e. The van der Waals surface area contributed by atoms with E-state index >= 15 is 0 Å². The second-order valence-corrected chi connectivity index (χ2v) is 11.3. The van der Waals surface area contributed by atoms with Gasteiger partial charge in [0, 0.05) is 6.54 Å². The molecule has 4 atom stereocenters. The summed E-state index contributed by atoms with van der Waals surface area (Å²) in [6.07, 6.45) is 2.53. The molecule has 1 fully saturated rings. The second-order valence-electron chi connectivity index (χ2n) is 11.3. The molecule has 0 bridgehead atoms. The highest BCUT2D eigenvalue weighted by Crippen LogP contribution is 2.26. The van der Waals surface area contributed by atoms with Gasteiger partial charge in [0.15, 0.2) is 0 Å². The second kappa shape index (κ2) is 14.7. The van der Waals surface area contributed by atoms with Crippen LogP contribution in [0.2, 0.25) is 0 Å². The molecule has 0 aliphatic carbocycles. The van der Waals surface area contributed by atoms with Crippen LogP contribution in [0.25, 0.3) is 0 Å². The normalized spacial score (nSPS) is 17.8. The zero-order valence-corrected chi connectivity index (χ0v) is 23.7. The Morgan fingerprint density at radius 3 is 2.21 bits per heavy atom. The molecule has 1 aliphatic heterocycles. The number of amides is 5. The molecular weight excluding hydrogens is 494 g/mol. The number of esters is 1. The van der Waals surface area contributed by atoms with Crippen LogP contribution in [0.15, 0.2) is 0 Å². The number of hydrogen-bond acceptors (Lipinski definition) is 7. The van der Waals surface area contributed by atoms with Crippen molar-refractivity contribution in [2.45, 2.75) is 105 Å². The van der Waals surface area contributed by atoms with E-state index < -0.39 is 59.0 Å². The van der Waals surface area contributed by atoms with Gasteiger partial charge in [-0.25, -0.2) is 4.79 Å². The van der Waals surface area contributed by atoms with Crippen molar-refractivity contribution in [1.29, 1.82) is 0 Å². The number of Topliss-reactive ketones (excluding diaryl/α,β-unsaturated/α-hetero) is 1. The molecule has 1 aliphatic rings. The van der Waals surface area contributed by atoms with E-state index in [-0.39, 0.29) is 31.5 Å². The topological polar surface area (TPSA) is 177 Å². The van der Waals surface area contributed by atoms with Crippen molar-refractivity contribution in [1.82, 2.24) is 20.9 Å². The van der Waals surface area contributed by atoms with Gasteiger partial charge in [-0.2, -0.15) is 0 Å². The van der Waals surface area contributed by atoms with Crippen LogP contribution in [0.3, 0.4) is 0 Å². The number of nitrogens with zero attached hydrogens (tertiary/aromatic N) is 1. The lowest BCUT2D eigenvalue weighted by atomic mass is 9.85. The van der Waals surface area contributed by atoms with E-state index in [1.165, 1.54) is 4.90 Å². The number of carbonyl (C=O) groups is 6. The number of likely N-dealkylation sites (tertiary alicyclic amines) is 1. The van der Waals surface area contributed by atoms with Crippen LogP contribution in [-0.2, 0) is 28.7 Å². The predicted octanol–water partition coefficient (Wildman–Crippen LogP) is 1.01. The van der Waals surface area contributed by atoms with Crippen LogP contribution < -0.4 is 21.7 Å². The minimum absolute atomic E-state index is 0.0701. The highest BCUT2D eigenvalue weighted by atomic mass is 16.5. The van der Waals surface area contributed by atoms with Crippen LogP contribution in [0.4, 0.5) is 4.79 Å². The summed E-state index contributed by atoms with van der Waals surface area (Å²) in [6, 6.07) is -3.68. The molecule has 216 valence electrons. The Morgan fingerprint density at radius 1 is 1.05 bits per heavy atom. The summed E-state index contributed by atoms with van der Waals surface area (Å²) < 4.78 is 4.99. The average Bonchev–Trinajstić information content (AvgIpc) is 3.29. The first-order valence-corrected chi connectivity index (χ1v) is 13.3. The van der Waals surface area contributed by atoms with Gasteiger partial charge in [0.2, 0.25) is 17.6 Å². The minimum atomic E-state index is -1.13. The molecule has 5 N–H and O–H groups in total. The Bertz CT molecular complexity index is 884. The van der Waals surface area contributed by atoms with E-state index in [9.17, 15) is 28.8 Å². The van der Waals surface area contributed by atoms with Crippen molar-refractivity contribution in [2.24, 2.45) is 17.1 Å². The lowest BCUT2D eigenvalue weighted by Crippen LogP contribution is -2.60. The zero-order chi connectivity index (χ0) is 29.2. The van der Waals surface area contributed by atoms with Crippen LogP contribution in [-0.4, -0.2) is 77.7 Å². The molecule has 0 spiro atoms. The van der Waals surface area contributed by atoms with Crippen molar-refractivity contribution in [2.75, 3.05) is 13.1 Å². The standard InChI is InChI=1S/C26H45N5O7/c1-8-10-16(4)13-17(20(33)22(27)34)29-23(35)18-11-9-12-31(18)24(36)21(26(5,6)7)30-25(37)28-14-19(32)38-15(2)3/h15-18,21H,8-14H2,1-7H3,(H2,27,34)(H,29,35)(H2,28,30,37)/t16?,17?,18-,21?/m0/s1. The average molecular weight is 540 g/mol. The number of urea groups is 1. The molecule has 0 aromatic carbocycles. The Balaban J connectivity index is 2.99. The van der Waals surface area contributed by atoms with Gasteiger partial charge in [0.05, 0.1) is 12.1 Å². The summed E-state index contributed by atoms with van der Waals surface area (Å²) >= 11 is 0. The third kappa shape index (κ3) is 10.3. The summed E-state index contributed by atoms with van der Waals surface area (Å²) in [5, 5.41) is 7.66. The van der Waals surface area contributed by atoms with Gasteiger partial charge in [-0.1, -0.05) is 47.5 Å². The van der Waals surface area contributed by atoms with E-state index in [2.05, 4.69) is 16.0 Å². The van der Waals surface area contributed by atoms with Gasteiger partial charge in [-0.3, -0.25) is 24.0 Å². The van der Waals surface area contributed by atoms with E-state index in [4.69, 9.17) is 10.5 Å². The monoisotopic (exact) mass is 539 g/mol. The fraction of sp³-hybridized carbons (Fsp3) is 0.769. The first kappa shape index (κ1) is 32.8. The number of hydrogen-bond donors (Lipinski definition) is 4. The van der Waals surface area contributed by atoms with Crippen molar-refractivity contribution >= 4 is 35.5 Å². The number of nitrogens with two attached hydrogens (primary N) is 1. The van der Waals surface area contributed by atoms with Gasteiger partial charge in [-0.05, 0) is 44.4 Å². The van der Waals surface area contributed by atoms with Crippen molar-refractivity contribution in [3.05, 3.63) is 0 Å². The van der Waals surface area contributed by atoms with Crippen LogP contribution in [0.1, 0.15) is 80.6 Å². The Labute approximate surface area is 225 Å². The van der Waals surface area contributed by atoms with Gasteiger partial charge >= 0.3 is 12.0 Å². The molecule has 12 heteroatoms. The molecule has 1 saturated heterocycles. The number of nitrogens with one attached hydrogen (secondary N) is 3. The van der Waals surface area contributed by atoms with Gasteiger partial charge in [0.25, 0.3) is 5.91 Å². The zero-order valence-electron chi connectivity index (χ0n) is 23.7. The Morgan fingerprint density at radius 2 is 1.68 bits per heavy atom. The number of primary amides is 1. The van der Waals surface area contributed by atoms with E-state index in [0.29, 0.717) is 12.8 Å². The smallest absolute Gasteiger partial charge is 0.325 e. The summed E-state index contributed by atoms with van der Waals surface area (Å²) in [5.41, 5.74) is 4.49. The third-order valence-corrected chi connectivity index (χ3v) is 6.28. The fourth-order valence-corrected chi connectivity index (χ4v) is 4.44. The molecule has 0 saturated carbocycles. The molecule has 5 amide bonds. The number of carbonyl (C=O) groups excluding carboxylic acids is 6. The van der Waals surface area contributed by atoms with Crippen molar-refractivity contribution in [3.63, 3.8) is 0 Å². The molecule has 1 rings (SSSR count). The quantitative estimate of drug-likeness (QED) is 0.199. The fourth-order valence-electron chi connectivity index (χ4n) is 4.44. The lowest BCUT2D eigenvalue weighted by molar-refractivity contribution is -0.146. The SMILES string of the molecule is CCCC(C)CC(NC(=O)[C@@H]1CCCN1C(=O)C(NC(=O)NCC(=O)OC(C)C)C(C)(C)C)C(=O)C(N)=O. The highest BCUT2D eigenvalue weighted by Gasteiger charge is 2.42. The molecule has 0 aromatic heterocycles. The van der Waals surface area contributed by atoms with Crippen LogP contribution in [0.5, 0.6) is 0 Å². The molecular formula is C26H45N5O7. The maximum atomic E-state index is 13.6. The summed E-state index contributed by atoms with van der Waals surface area (Å²) in [6.45, 7) is 12.5. The van der Waals surface area contributed by atoms with E-state index in [0.717, 1.165) is 12.8 Å². The highest BCUT2D eigenvalue weighted by molar-refractivity contribution is 6.37. The summed E-state index contributed by atoms with van der Waals surface area (Å²) in [5.74, 6) is -3.56. The number of rotatable bonds is 13. The third-order valence-electron chi connectivity index (χ3n) is 6.28. The molecule has 38 heavy (non-hydrogen) atoms. The minimum Gasteiger partial charge on any atom is -0.462 e. The van der Waals surface area contributed by atoms with Gasteiger partial charge < -0.3 is 31.3 Å². The van der Waals surface area contributed by atoms with Crippen LogP contribution >= 0.6 is 0 Å². The van der Waals surface area contributed by atoms with Crippen molar-refractivity contribution < 1.29 is 33.5 Å². The first-order valence-electron chi connectivity index (χ1n) is 13.3. The molecule has 12 nitrogen and oxygen atoms in total.